The molecule has 0 spiro atoms. The second kappa shape index (κ2) is 9.51. The topological polar surface area (TPSA) is 58.2 Å². The van der Waals surface area contributed by atoms with Crippen molar-refractivity contribution < 1.29 is 9.59 Å². The highest BCUT2D eigenvalue weighted by Crippen LogP contribution is 2.23. The molecular formula is C24H24N2O2. The van der Waals surface area contributed by atoms with Crippen molar-refractivity contribution in [3.63, 3.8) is 0 Å². The van der Waals surface area contributed by atoms with Gasteiger partial charge in [0.05, 0.1) is 0 Å². The van der Waals surface area contributed by atoms with Gasteiger partial charge in [0, 0.05) is 18.2 Å². The van der Waals surface area contributed by atoms with E-state index in [9.17, 15) is 9.59 Å². The Morgan fingerprint density at radius 2 is 1.29 bits per heavy atom. The lowest BCUT2D eigenvalue weighted by Crippen LogP contribution is -2.37. The zero-order valence-corrected chi connectivity index (χ0v) is 15.9. The first kappa shape index (κ1) is 19.4. The number of hydrogen-bond acceptors (Lipinski definition) is 2. The predicted molar refractivity (Wildman–Crippen MR) is 112 cm³/mol. The van der Waals surface area contributed by atoms with E-state index < -0.39 is 11.8 Å². The predicted octanol–water partition coefficient (Wildman–Crippen LogP) is 4.14. The Bertz CT molecular complexity index is 867. The lowest BCUT2D eigenvalue weighted by molar-refractivity contribution is -0.136. The molecule has 0 aromatic heterocycles. The molecule has 0 aliphatic carbocycles. The molecule has 0 saturated heterocycles. The minimum absolute atomic E-state index is 0.0250. The highest BCUT2D eigenvalue weighted by atomic mass is 16.2. The summed E-state index contributed by atoms with van der Waals surface area (Å²) in [6.45, 7) is 2.41. The summed E-state index contributed by atoms with van der Waals surface area (Å²) in [5.74, 6) is -1.33. The van der Waals surface area contributed by atoms with Crippen LogP contribution in [-0.2, 0) is 16.0 Å². The van der Waals surface area contributed by atoms with E-state index in [1.807, 2.05) is 72.8 Å². The quantitative estimate of drug-likeness (QED) is 0.639. The van der Waals surface area contributed by atoms with Gasteiger partial charge < -0.3 is 10.6 Å². The number of amides is 2. The summed E-state index contributed by atoms with van der Waals surface area (Å²) in [6, 6.07) is 27.4. The number of nitrogens with one attached hydrogen (secondary N) is 2. The lowest BCUT2D eigenvalue weighted by atomic mass is 9.91. The summed E-state index contributed by atoms with van der Waals surface area (Å²) < 4.78 is 0. The van der Waals surface area contributed by atoms with Crippen molar-refractivity contribution in [2.45, 2.75) is 19.3 Å². The van der Waals surface area contributed by atoms with Crippen LogP contribution in [0.3, 0.4) is 0 Å². The number of anilines is 1. The van der Waals surface area contributed by atoms with Gasteiger partial charge in [0.25, 0.3) is 0 Å². The molecule has 0 aliphatic rings. The van der Waals surface area contributed by atoms with Gasteiger partial charge in [0.1, 0.15) is 0 Å². The van der Waals surface area contributed by atoms with Crippen molar-refractivity contribution in [1.82, 2.24) is 5.32 Å². The molecule has 4 heteroatoms. The van der Waals surface area contributed by atoms with Crippen molar-refractivity contribution in [3.05, 3.63) is 102 Å². The second-order valence-electron chi connectivity index (χ2n) is 6.59. The van der Waals surface area contributed by atoms with E-state index in [-0.39, 0.29) is 5.92 Å². The van der Waals surface area contributed by atoms with Crippen LogP contribution in [0, 0.1) is 0 Å². The Morgan fingerprint density at radius 1 is 0.750 bits per heavy atom. The van der Waals surface area contributed by atoms with Crippen LogP contribution in [0.4, 0.5) is 5.69 Å². The average Bonchev–Trinajstić information content (AvgIpc) is 2.76. The lowest BCUT2D eigenvalue weighted by Gasteiger charge is -2.18. The molecule has 0 heterocycles. The van der Waals surface area contributed by atoms with E-state index in [0.29, 0.717) is 12.2 Å². The molecule has 0 unspecified atom stereocenters. The van der Waals surface area contributed by atoms with Gasteiger partial charge in [-0.3, -0.25) is 9.59 Å². The van der Waals surface area contributed by atoms with Gasteiger partial charge in [-0.15, -0.1) is 0 Å². The molecule has 0 saturated carbocycles. The fraction of sp³-hybridized carbons (Fsp3) is 0.167. The van der Waals surface area contributed by atoms with Gasteiger partial charge in [-0.05, 0) is 35.2 Å². The summed E-state index contributed by atoms with van der Waals surface area (Å²) in [7, 11) is 0. The summed E-state index contributed by atoms with van der Waals surface area (Å²) in [4.78, 5) is 24.5. The number of carbonyl (C=O) groups excluding carboxylic acids is 2. The van der Waals surface area contributed by atoms with Gasteiger partial charge in [0.2, 0.25) is 0 Å². The average molecular weight is 372 g/mol. The number of carbonyl (C=O) groups is 2. The summed E-state index contributed by atoms with van der Waals surface area (Å²) in [5, 5.41) is 5.42. The smallest absolute Gasteiger partial charge is 0.313 e. The Kier molecular flexibility index (Phi) is 6.58. The molecule has 0 radical (unpaired) electrons. The molecule has 3 aromatic carbocycles. The molecule has 0 bridgehead atoms. The first-order valence-electron chi connectivity index (χ1n) is 9.45. The standard InChI is InChI=1S/C24H24N2O2/c1-2-18-13-15-21(16-14-18)26-24(28)23(27)25-17-22(19-9-5-3-6-10-19)20-11-7-4-8-12-20/h3-16,22H,2,17H2,1H3,(H,25,27)(H,26,28). The Hall–Kier alpha value is -3.40. The summed E-state index contributed by atoms with van der Waals surface area (Å²) >= 11 is 0. The first-order valence-corrected chi connectivity index (χ1v) is 9.45. The number of aryl methyl sites for hydroxylation is 1. The SMILES string of the molecule is CCc1ccc(NC(=O)C(=O)NCC(c2ccccc2)c2ccccc2)cc1. The number of benzene rings is 3. The van der Waals surface area contributed by atoms with Crippen LogP contribution in [0.25, 0.3) is 0 Å². The third-order valence-electron chi connectivity index (χ3n) is 4.70. The molecule has 2 amide bonds. The van der Waals surface area contributed by atoms with Crippen molar-refractivity contribution in [3.8, 4) is 0 Å². The van der Waals surface area contributed by atoms with Crippen LogP contribution < -0.4 is 10.6 Å². The molecule has 0 atom stereocenters. The maximum atomic E-state index is 12.3. The van der Waals surface area contributed by atoms with E-state index in [1.54, 1.807) is 12.1 Å². The van der Waals surface area contributed by atoms with E-state index in [0.717, 1.165) is 17.5 Å². The van der Waals surface area contributed by atoms with Crippen LogP contribution in [0.2, 0.25) is 0 Å². The molecule has 0 aliphatic heterocycles. The fourth-order valence-electron chi connectivity index (χ4n) is 3.09. The molecule has 28 heavy (non-hydrogen) atoms. The van der Waals surface area contributed by atoms with Crippen molar-refractivity contribution >= 4 is 17.5 Å². The summed E-state index contributed by atoms with van der Waals surface area (Å²) in [5.41, 5.74) is 3.96. The Balaban J connectivity index is 1.65. The zero-order valence-electron chi connectivity index (χ0n) is 15.9. The third-order valence-corrected chi connectivity index (χ3v) is 4.70. The first-order chi connectivity index (χ1) is 13.7. The number of hydrogen-bond donors (Lipinski definition) is 2. The van der Waals surface area contributed by atoms with Gasteiger partial charge in [-0.25, -0.2) is 0 Å². The molecule has 4 nitrogen and oxygen atoms in total. The molecule has 142 valence electrons. The van der Waals surface area contributed by atoms with Crippen LogP contribution >= 0.6 is 0 Å². The minimum Gasteiger partial charge on any atom is -0.347 e. The van der Waals surface area contributed by atoms with Crippen LogP contribution in [0.1, 0.15) is 29.5 Å². The van der Waals surface area contributed by atoms with Crippen LogP contribution in [0.5, 0.6) is 0 Å². The van der Waals surface area contributed by atoms with Crippen LogP contribution in [0.15, 0.2) is 84.9 Å². The van der Waals surface area contributed by atoms with E-state index in [1.165, 1.54) is 5.56 Å². The molecule has 3 aromatic rings. The molecular weight excluding hydrogens is 348 g/mol. The molecule has 0 fully saturated rings. The van der Waals surface area contributed by atoms with Crippen molar-refractivity contribution in [1.29, 1.82) is 0 Å². The Labute approximate surface area is 165 Å². The fourth-order valence-corrected chi connectivity index (χ4v) is 3.09. The Morgan fingerprint density at radius 3 is 1.79 bits per heavy atom. The minimum atomic E-state index is -0.663. The largest absolute Gasteiger partial charge is 0.347 e. The normalized spacial score (nSPS) is 10.5. The van der Waals surface area contributed by atoms with Crippen LogP contribution in [-0.4, -0.2) is 18.4 Å². The van der Waals surface area contributed by atoms with E-state index in [2.05, 4.69) is 17.6 Å². The third kappa shape index (κ3) is 5.07. The van der Waals surface area contributed by atoms with Gasteiger partial charge in [0.15, 0.2) is 0 Å². The summed E-state index contributed by atoms with van der Waals surface area (Å²) in [6.07, 6.45) is 0.926. The number of rotatable bonds is 6. The monoisotopic (exact) mass is 372 g/mol. The van der Waals surface area contributed by atoms with E-state index in [4.69, 9.17) is 0 Å². The maximum absolute atomic E-state index is 12.3. The molecule has 2 N–H and O–H groups in total. The van der Waals surface area contributed by atoms with Gasteiger partial charge in [-0.1, -0.05) is 79.7 Å². The van der Waals surface area contributed by atoms with Crippen molar-refractivity contribution in [2.75, 3.05) is 11.9 Å². The van der Waals surface area contributed by atoms with Gasteiger partial charge >= 0.3 is 11.8 Å². The zero-order chi connectivity index (χ0) is 19.8. The highest BCUT2D eigenvalue weighted by Gasteiger charge is 2.18. The van der Waals surface area contributed by atoms with E-state index >= 15 is 0 Å². The van der Waals surface area contributed by atoms with Crippen molar-refractivity contribution in [2.24, 2.45) is 0 Å². The van der Waals surface area contributed by atoms with Gasteiger partial charge in [-0.2, -0.15) is 0 Å². The second-order valence-corrected chi connectivity index (χ2v) is 6.59. The highest BCUT2D eigenvalue weighted by molar-refractivity contribution is 6.39. The maximum Gasteiger partial charge on any atom is 0.313 e. The molecule has 3 rings (SSSR count).